The van der Waals surface area contributed by atoms with Gasteiger partial charge in [-0.1, -0.05) is 60.7 Å². The van der Waals surface area contributed by atoms with Crippen LogP contribution in [0.2, 0.25) is 0 Å². The molecule has 0 amide bonds. The second kappa shape index (κ2) is 6.01. The monoisotopic (exact) mass is 334 g/mol. The molecule has 0 spiro atoms. The molecule has 4 aromatic rings. The number of aromatic nitrogens is 4. The summed E-state index contributed by atoms with van der Waals surface area (Å²) in [6, 6.07) is 21.8. The Bertz CT molecular complexity index is 1120. The van der Waals surface area contributed by atoms with E-state index in [-0.39, 0.29) is 0 Å². The molecule has 0 fully saturated rings. The Balaban J connectivity index is 0.000000215. The normalized spacial score (nSPS) is 11.7. The first-order valence-electron chi connectivity index (χ1n) is 8.42. The van der Waals surface area contributed by atoms with E-state index in [0.717, 1.165) is 0 Å². The van der Waals surface area contributed by atoms with Crippen LogP contribution in [0.25, 0.3) is 34.4 Å². The molecule has 122 valence electrons. The molecule has 3 aromatic carbocycles. The molecule has 0 aliphatic heterocycles. The molecule has 0 radical (unpaired) electrons. The van der Waals surface area contributed by atoms with Gasteiger partial charge in [-0.3, -0.25) is 0 Å². The number of hydrogen-bond donors (Lipinski definition) is 0. The van der Waals surface area contributed by atoms with Crippen molar-refractivity contribution in [3.8, 4) is 22.3 Å². The Morgan fingerprint density at radius 3 is 1.35 bits per heavy atom. The van der Waals surface area contributed by atoms with Crippen LogP contribution in [0.15, 0.2) is 73.1 Å². The maximum absolute atomic E-state index is 3.36. The van der Waals surface area contributed by atoms with Crippen molar-refractivity contribution in [3.63, 3.8) is 0 Å². The Morgan fingerprint density at radius 1 is 0.462 bits per heavy atom. The summed E-state index contributed by atoms with van der Waals surface area (Å²) >= 11 is 0. The third-order valence-electron chi connectivity index (χ3n) is 4.73. The van der Waals surface area contributed by atoms with Crippen molar-refractivity contribution in [3.05, 3.63) is 94.6 Å². The van der Waals surface area contributed by atoms with Crippen molar-refractivity contribution < 1.29 is 0 Å². The number of benzene rings is 3. The molecule has 0 N–H and O–H groups in total. The van der Waals surface area contributed by atoms with Crippen molar-refractivity contribution >= 4 is 12.2 Å². The summed E-state index contributed by atoms with van der Waals surface area (Å²) in [5.74, 6) is 0. The van der Waals surface area contributed by atoms with E-state index in [4.69, 9.17) is 0 Å². The van der Waals surface area contributed by atoms with Gasteiger partial charge in [0.15, 0.2) is 0 Å². The Morgan fingerprint density at radius 2 is 0.923 bits per heavy atom. The van der Waals surface area contributed by atoms with Gasteiger partial charge in [-0.2, -0.15) is 0 Å². The van der Waals surface area contributed by atoms with Gasteiger partial charge in [0, 0.05) is 0 Å². The minimum Gasteiger partial charge on any atom is -0.136 e. The molecule has 26 heavy (non-hydrogen) atoms. The summed E-state index contributed by atoms with van der Waals surface area (Å²) in [5.41, 5.74) is 8.11. The summed E-state index contributed by atoms with van der Waals surface area (Å²) in [6.45, 7) is 0. The second-order valence-electron chi connectivity index (χ2n) is 6.16. The summed E-state index contributed by atoms with van der Waals surface area (Å²) in [4.78, 5) is 0. The van der Waals surface area contributed by atoms with Crippen LogP contribution in [0.5, 0.6) is 0 Å². The molecule has 2 aliphatic rings. The van der Waals surface area contributed by atoms with E-state index >= 15 is 0 Å². The Labute approximate surface area is 150 Å². The summed E-state index contributed by atoms with van der Waals surface area (Å²) < 4.78 is 0. The van der Waals surface area contributed by atoms with E-state index in [0.29, 0.717) is 0 Å². The van der Waals surface area contributed by atoms with Gasteiger partial charge in [0.1, 0.15) is 0 Å². The first kappa shape index (κ1) is 14.7. The molecule has 0 saturated heterocycles. The molecule has 6 rings (SSSR count). The van der Waals surface area contributed by atoms with Crippen molar-refractivity contribution in [1.82, 2.24) is 20.6 Å². The Kier molecular flexibility index (Phi) is 3.39. The minimum absolute atomic E-state index is 1.33. The lowest BCUT2D eigenvalue weighted by Crippen LogP contribution is -2.25. The first-order valence-corrected chi connectivity index (χ1v) is 8.42. The van der Waals surface area contributed by atoms with E-state index in [1.807, 2.05) is 0 Å². The number of rotatable bonds is 0. The molecule has 0 unspecified atom stereocenters. The van der Waals surface area contributed by atoms with Crippen molar-refractivity contribution in [2.24, 2.45) is 0 Å². The van der Waals surface area contributed by atoms with Gasteiger partial charge in [0.05, 0.1) is 12.4 Å². The van der Waals surface area contributed by atoms with E-state index < -0.39 is 0 Å². The fourth-order valence-corrected chi connectivity index (χ4v) is 3.63. The van der Waals surface area contributed by atoms with E-state index in [1.54, 1.807) is 0 Å². The summed E-state index contributed by atoms with van der Waals surface area (Å²) in [6.07, 6.45) is 7.58. The Hall–Kier alpha value is -3.66. The van der Waals surface area contributed by atoms with Crippen molar-refractivity contribution in [2.75, 3.05) is 0 Å². The fourth-order valence-electron chi connectivity index (χ4n) is 3.63. The molecule has 4 nitrogen and oxygen atoms in total. The smallest absolute Gasteiger partial charge is 0.0716 e. The average Bonchev–Trinajstić information content (AvgIpc) is 3.28. The van der Waals surface area contributed by atoms with Gasteiger partial charge in [0.25, 0.3) is 0 Å². The predicted molar refractivity (Wildman–Crippen MR) is 101 cm³/mol. The SMILES string of the molecule is C1=c2c(ccc3c2=Cc2ccccc2-3)-c2ccccc21.c1cnnnn1. The maximum atomic E-state index is 3.36. The highest BCUT2D eigenvalue weighted by Gasteiger charge is 2.17. The highest BCUT2D eigenvalue weighted by Crippen LogP contribution is 2.30. The van der Waals surface area contributed by atoms with Crippen LogP contribution in [0, 0.1) is 0 Å². The average molecular weight is 334 g/mol. The fraction of sp³-hybridized carbons (Fsp3) is 0. The van der Waals surface area contributed by atoms with Crippen LogP contribution >= 0.6 is 0 Å². The molecular formula is C22H14N4. The van der Waals surface area contributed by atoms with E-state index in [1.165, 1.54) is 56.2 Å². The molecule has 0 saturated carbocycles. The van der Waals surface area contributed by atoms with Gasteiger partial charge in [-0.25, -0.2) is 0 Å². The lowest BCUT2D eigenvalue weighted by Gasteiger charge is -2.03. The van der Waals surface area contributed by atoms with E-state index in [9.17, 15) is 0 Å². The molecule has 1 aromatic heterocycles. The van der Waals surface area contributed by atoms with Crippen LogP contribution in [-0.2, 0) is 0 Å². The number of hydrogen-bond acceptors (Lipinski definition) is 4. The van der Waals surface area contributed by atoms with Crippen LogP contribution in [0.3, 0.4) is 0 Å². The quantitative estimate of drug-likeness (QED) is 0.428. The van der Waals surface area contributed by atoms with Gasteiger partial charge in [-0.05, 0) is 66.4 Å². The lowest BCUT2D eigenvalue weighted by atomic mass is 10.0. The predicted octanol–water partition coefficient (Wildman–Crippen LogP) is 2.57. The lowest BCUT2D eigenvalue weighted by molar-refractivity contribution is 0.761. The highest BCUT2D eigenvalue weighted by atomic mass is 15.4. The zero-order valence-corrected chi connectivity index (χ0v) is 13.9. The number of fused-ring (bicyclic) bond motifs is 7. The third-order valence-corrected chi connectivity index (χ3v) is 4.73. The van der Waals surface area contributed by atoms with Gasteiger partial charge >= 0.3 is 0 Å². The second-order valence-corrected chi connectivity index (χ2v) is 6.16. The first-order chi connectivity index (χ1) is 12.9. The highest BCUT2D eigenvalue weighted by molar-refractivity contribution is 5.89. The molecule has 0 bridgehead atoms. The molecular weight excluding hydrogens is 320 g/mol. The van der Waals surface area contributed by atoms with Crippen LogP contribution in [0.4, 0.5) is 0 Å². The minimum atomic E-state index is 1.33. The zero-order chi connectivity index (χ0) is 17.3. The van der Waals surface area contributed by atoms with Gasteiger partial charge < -0.3 is 0 Å². The van der Waals surface area contributed by atoms with Crippen molar-refractivity contribution in [1.29, 1.82) is 0 Å². The summed E-state index contributed by atoms with van der Waals surface area (Å²) in [5, 5.41) is 15.8. The van der Waals surface area contributed by atoms with Crippen LogP contribution in [0.1, 0.15) is 11.1 Å². The topological polar surface area (TPSA) is 51.6 Å². The van der Waals surface area contributed by atoms with E-state index in [2.05, 4.69) is 93.4 Å². The standard InChI is InChI=1S/C20H12.C2H2N4/c1-3-7-15-13(5-1)11-19-17(15)9-10-18-16-8-4-2-6-14(16)12-20(18)19;1-2-4-6-5-3-1/h1-12H;1-2H. The third kappa shape index (κ3) is 2.31. The molecule has 1 heterocycles. The van der Waals surface area contributed by atoms with Crippen molar-refractivity contribution in [2.45, 2.75) is 0 Å². The summed E-state index contributed by atoms with van der Waals surface area (Å²) in [7, 11) is 0. The van der Waals surface area contributed by atoms with Gasteiger partial charge in [0.2, 0.25) is 0 Å². The maximum Gasteiger partial charge on any atom is 0.0716 e. The molecule has 2 aliphatic carbocycles. The number of nitrogens with zero attached hydrogens (tertiary/aromatic N) is 4. The zero-order valence-electron chi connectivity index (χ0n) is 13.9. The largest absolute Gasteiger partial charge is 0.136 e. The molecule has 0 atom stereocenters. The molecule has 4 heteroatoms. The van der Waals surface area contributed by atoms with Crippen LogP contribution in [-0.4, -0.2) is 20.6 Å². The van der Waals surface area contributed by atoms with Crippen LogP contribution < -0.4 is 10.4 Å². The van der Waals surface area contributed by atoms with Gasteiger partial charge in [-0.15, -0.1) is 10.2 Å².